The van der Waals surface area contributed by atoms with Crippen LogP contribution in [0.3, 0.4) is 0 Å². The summed E-state index contributed by atoms with van der Waals surface area (Å²) in [5.74, 6) is -2.21. The Morgan fingerprint density at radius 1 is 0.462 bits per heavy atom. The van der Waals surface area contributed by atoms with Crippen molar-refractivity contribution < 1.29 is 45.0 Å². The van der Waals surface area contributed by atoms with Crippen LogP contribution in [0.5, 0.6) is 0 Å². The Balaban J connectivity index is -0.000000210. The van der Waals surface area contributed by atoms with Crippen molar-refractivity contribution in [2.45, 2.75) is 132 Å². The lowest BCUT2D eigenvalue weighted by Crippen LogP contribution is -2.32. The highest BCUT2D eigenvalue weighted by molar-refractivity contribution is 5.70. The third kappa shape index (κ3) is 26.3. The first-order valence-electron chi connectivity index (χ1n) is 14.9. The number of aliphatic hydroxyl groups is 3. The molecule has 0 fully saturated rings. The van der Waals surface area contributed by atoms with Crippen LogP contribution in [0.25, 0.3) is 0 Å². The SMILES string of the molecule is CCC(CO)(CO)CO.CCCC(CCC)C(=O)O.CCCC(CCC)C(=O)O.CCCC(CCC)C(=O)O. The predicted octanol–water partition coefficient (Wildman–Crippen LogP) is 6.22. The topological polar surface area (TPSA) is 173 Å². The Hall–Kier alpha value is -1.71. The second-order valence-corrected chi connectivity index (χ2v) is 10.2. The first kappa shape index (κ1) is 44.3. The van der Waals surface area contributed by atoms with Crippen molar-refractivity contribution in [3.05, 3.63) is 0 Å². The van der Waals surface area contributed by atoms with Gasteiger partial charge in [-0.1, -0.05) is 87.0 Å². The molecular weight excluding hydrogens is 504 g/mol. The summed E-state index contributed by atoms with van der Waals surface area (Å²) in [7, 11) is 0. The molecule has 0 radical (unpaired) electrons. The van der Waals surface area contributed by atoms with E-state index in [0.29, 0.717) is 6.42 Å². The van der Waals surface area contributed by atoms with E-state index in [0.717, 1.165) is 77.0 Å². The van der Waals surface area contributed by atoms with Gasteiger partial charge in [0.2, 0.25) is 0 Å². The van der Waals surface area contributed by atoms with Gasteiger partial charge in [0.1, 0.15) is 0 Å². The van der Waals surface area contributed by atoms with Crippen molar-refractivity contribution in [2.24, 2.45) is 23.2 Å². The van der Waals surface area contributed by atoms with Crippen molar-refractivity contribution in [2.75, 3.05) is 19.8 Å². The number of aliphatic hydroxyl groups excluding tert-OH is 3. The van der Waals surface area contributed by atoms with Gasteiger partial charge < -0.3 is 30.6 Å². The van der Waals surface area contributed by atoms with Crippen LogP contribution in [0.1, 0.15) is 132 Å². The van der Waals surface area contributed by atoms with E-state index in [9.17, 15) is 14.4 Å². The Bertz CT molecular complexity index is 465. The number of carbonyl (C=O) groups is 3. The van der Waals surface area contributed by atoms with Crippen LogP contribution in [0, 0.1) is 23.2 Å². The number of carboxylic acid groups (broad SMARTS) is 3. The number of hydrogen-bond donors (Lipinski definition) is 6. The van der Waals surface area contributed by atoms with Gasteiger partial charge in [-0.15, -0.1) is 0 Å². The zero-order valence-electron chi connectivity index (χ0n) is 26.0. The summed E-state index contributed by atoms with van der Waals surface area (Å²) in [6.07, 6.45) is 11.3. The van der Waals surface area contributed by atoms with Crippen LogP contribution < -0.4 is 0 Å². The van der Waals surface area contributed by atoms with E-state index < -0.39 is 23.3 Å². The average molecular weight is 567 g/mol. The van der Waals surface area contributed by atoms with E-state index in [-0.39, 0.29) is 37.6 Å². The van der Waals surface area contributed by atoms with E-state index in [4.69, 9.17) is 30.6 Å². The van der Waals surface area contributed by atoms with E-state index in [1.54, 1.807) is 0 Å². The van der Waals surface area contributed by atoms with E-state index in [2.05, 4.69) is 0 Å². The highest BCUT2D eigenvalue weighted by Crippen LogP contribution is 2.18. The summed E-state index contributed by atoms with van der Waals surface area (Å²) in [5, 5.41) is 51.9. The zero-order valence-corrected chi connectivity index (χ0v) is 26.0. The van der Waals surface area contributed by atoms with Gasteiger partial charge in [-0.2, -0.15) is 0 Å². The Kier molecular flexibility index (Phi) is 35.0. The molecule has 0 aromatic heterocycles. The number of hydrogen-bond acceptors (Lipinski definition) is 6. The van der Waals surface area contributed by atoms with Gasteiger partial charge in [-0.3, -0.25) is 14.4 Å². The fourth-order valence-electron chi connectivity index (χ4n) is 3.75. The molecule has 0 aromatic rings. The summed E-state index contributed by atoms with van der Waals surface area (Å²) in [6, 6.07) is 0. The first-order valence-corrected chi connectivity index (χ1v) is 14.9. The summed E-state index contributed by atoms with van der Waals surface area (Å²) in [6.45, 7) is 13.5. The molecule has 0 aliphatic heterocycles. The molecule has 0 bridgehead atoms. The number of aliphatic carboxylic acids is 3. The predicted molar refractivity (Wildman–Crippen MR) is 157 cm³/mol. The zero-order chi connectivity index (χ0) is 31.3. The van der Waals surface area contributed by atoms with Crippen LogP contribution in [-0.2, 0) is 14.4 Å². The second kappa shape index (κ2) is 30.8. The first-order chi connectivity index (χ1) is 18.4. The van der Waals surface area contributed by atoms with Crippen molar-refractivity contribution in [3.63, 3.8) is 0 Å². The third-order valence-electron chi connectivity index (χ3n) is 6.63. The monoisotopic (exact) mass is 566 g/mol. The fraction of sp³-hybridized carbons (Fsp3) is 0.900. The molecule has 9 heteroatoms. The van der Waals surface area contributed by atoms with Gasteiger partial charge in [0.25, 0.3) is 0 Å². The van der Waals surface area contributed by atoms with Gasteiger partial charge in [0, 0.05) is 5.41 Å². The molecule has 0 atom stereocenters. The van der Waals surface area contributed by atoms with E-state index in [1.165, 1.54) is 0 Å². The normalized spacial score (nSPS) is 10.7. The molecule has 39 heavy (non-hydrogen) atoms. The van der Waals surface area contributed by atoms with Crippen molar-refractivity contribution in [1.29, 1.82) is 0 Å². The fourth-order valence-corrected chi connectivity index (χ4v) is 3.75. The molecule has 0 aromatic carbocycles. The Morgan fingerprint density at radius 3 is 0.692 bits per heavy atom. The lowest BCUT2D eigenvalue weighted by molar-refractivity contribution is -0.143. The second-order valence-electron chi connectivity index (χ2n) is 10.2. The van der Waals surface area contributed by atoms with Crippen molar-refractivity contribution >= 4 is 17.9 Å². The van der Waals surface area contributed by atoms with E-state index >= 15 is 0 Å². The number of carboxylic acids is 3. The maximum atomic E-state index is 10.5. The standard InChI is InChI=1S/3C8H16O2.C6H14O3/c3*1-3-5-7(6-4-2)8(9)10;1-2-6(3-7,4-8)5-9/h3*7H,3-6H2,1-2H3,(H,9,10);7-9H,2-5H2,1H3. The molecule has 0 saturated carbocycles. The largest absolute Gasteiger partial charge is 0.481 e. The van der Waals surface area contributed by atoms with Gasteiger partial charge in [-0.05, 0) is 44.9 Å². The summed E-state index contributed by atoms with van der Waals surface area (Å²) >= 11 is 0. The summed E-state index contributed by atoms with van der Waals surface area (Å²) in [5.41, 5.74) is -0.667. The molecule has 236 valence electrons. The van der Waals surface area contributed by atoms with Gasteiger partial charge in [0.15, 0.2) is 0 Å². The molecule has 0 aliphatic carbocycles. The Morgan fingerprint density at radius 2 is 0.641 bits per heavy atom. The molecule has 0 amide bonds. The molecule has 6 N–H and O–H groups in total. The van der Waals surface area contributed by atoms with Crippen molar-refractivity contribution in [1.82, 2.24) is 0 Å². The Labute approximate surface area is 238 Å². The van der Waals surface area contributed by atoms with Crippen LogP contribution in [0.15, 0.2) is 0 Å². The molecule has 0 aliphatic rings. The lowest BCUT2D eigenvalue weighted by atomic mass is 9.88. The maximum absolute atomic E-state index is 10.5. The summed E-state index contributed by atoms with van der Waals surface area (Å²) < 4.78 is 0. The molecule has 0 unspecified atom stereocenters. The minimum absolute atomic E-state index is 0.102. The minimum Gasteiger partial charge on any atom is -0.481 e. The molecule has 0 rings (SSSR count). The molecule has 0 spiro atoms. The molecule has 0 saturated heterocycles. The molecule has 0 heterocycles. The van der Waals surface area contributed by atoms with Crippen molar-refractivity contribution in [3.8, 4) is 0 Å². The van der Waals surface area contributed by atoms with Crippen LogP contribution >= 0.6 is 0 Å². The highest BCUT2D eigenvalue weighted by Gasteiger charge is 2.25. The smallest absolute Gasteiger partial charge is 0.306 e. The van der Waals surface area contributed by atoms with Gasteiger partial charge in [-0.25, -0.2) is 0 Å². The van der Waals surface area contributed by atoms with Gasteiger partial charge in [0.05, 0.1) is 37.6 Å². The average Bonchev–Trinajstić information content (AvgIpc) is 2.91. The highest BCUT2D eigenvalue weighted by atomic mass is 16.4. The van der Waals surface area contributed by atoms with Gasteiger partial charge >= 0.3 is 17.9 Å². The lowest BCUT2D eigenvalue weighted by Gasteiger charge is -2.24. The van der Waals surface area contributed by atoms with Crippen LogP contribution in [0.2, 0.25) is 0 Å². The van der Waals surface area contributed by atoms with E-state index in [1.807, 2.05) is 48.5 Å². The third-order valence-corrected chi connectivity index (χ3v) is 6.63. The quantitative estimate of drug-likeness (QED) is 0.106. The minimum atomic E-state index is -0.667. The summed E-state index contributed by atoms with van der Waals surface area (Å²) in [4.78, 5) is 31.4. The molecule has 9 nitrogen and oxygen atoms in total. The number of rotatable bonds is 19. The van der Waals surface area contributed by atoms with Crippen LogP contribution in [-0.4, -0.2) is 68.4 Å². The van der Waals surface area contributed by atoms with Crippen LogP contribution in [0.4, 0.5) is 0 Å². The maximum Gasteiger partial charge on any atom is 0.306 e. The molecular formula is C30H62O9.